The van der Waals surface area contributed by atoms with Gasteiger partial charge in [0.25, 0.3) is 0 Å². The number of para-hydroxylation sites is 1. The lowest BCUT2D eigenvalue weighted by Gasteiger charge is -2.12. The van der Waals surface area contributed by atoms with Gasteiger partial charge in [0, 0.05) is 0 Å². The second-order valence-electron chi connectivity index (χ2n) is 3.02. The van der Waals surface area contributed by atoms with Crippen LogP contribution in [0.1, 0.15) is 13.0 Å². The third kappa shape index (κ3) is 1.22. The summed E-state index contributed by atoms with van der Waals surface area (Å²) in [6.07, 6.45) is 0. The highest BCUT2D eigenvalue weighted by Gasteiger charge is 2.10. The molecule has 0 saturated heterocycles. The van der Waals surface area contributed by atoms with Crippen molar-refractivity contribution in [3.05, 3.63) is 24.3 Å². The number of fused-ring (bicyclic) bond motifs is 1. The molecule has 5 heteroatoms. The maximum Gasteiger partial charge on any atom is 0.113 e. The summed E-state index contributed by atoms with van der Waals surface area (Å²) in [5.74, 6) is -1.17. The number of aromatic nitrogens is 3. The van der Waals surface area contributed by atoms with Gasteiger partial charge in [-0.05, 0) is 19.1 Å². The average molecular weight is 190 g/mol. The molecule has 1 unspecified atom stereocenters. The molecule has 0 aliphatic rings. The fourth-order valence-corrected chi connectivity index (χ4v) is 1.27. The molecule has 0 fully saturated rings. The first-order chi connectivity index (χ1) is 6.70. The molecule has 1 atom stereocenters. The topological polar surface area (TPSA) is 70.8 Å². The number of nitrogens with zero attached hydrogens (tertiary/aromatic N) is 3. The highest BCUT2D eigenvalue weighted by molar-refractivity contribution is 5.77. The van der Waals surface area contributed by atoms with E-state index in [1.54, 1.807) is 12.1 Å². The van der Waals surface area contributed by atoms with Gasteiger partial charge in [0.2, 0.25) is 0 Å². The highest BCUT2D eigenvalue weighted by Crippen LogP contribution is 2.14. The molecule has 72 valence electrons. The molecule has 1 heterocycles. The van der Waals surface area contributed by atoms with Crippen molar-refractivity contribution in [1.29, 1.82) is 0 Å². The van der Waals surface area contributed by atoms with Gasteiger partial charge < -0.3 is 9.90 Å². The first kappa shape index (κ1) is 8.68. The van der Waals surface area contributed by atoms with Crippen LogP contribution in [0.15, 0.2) is 24.3 Å². The van der Waals surface area contributed by atoms with E-state index in [9.17, 15) is 9.90 Å². The Morgan fingerprint density at radius 2 is 2.21 bits per heavy atom. The van der Waals surface area contributed by atoms with Gasteiger partial charge in [-0.2, -0.15) is 0 Å². The zero-order valence-electron chi connectivity index (χ0n) is 7.54. The molecule has 0 aliphatic carbocycles. The molecular weight excluding hydrogens is 182 g/mol. The lowest BCUT2D eigenvalue weighted by atomic mass is 10.3. The zero-order valence-corrected chi connectivity index (χ0v) is 7.54. The Labute approximate surface area is 80.0 Å². The Hall–Kier alpha value is -1.91. The van der Waals surface area contributed by atoms with E-state index in [4.69, 9.17) is 0 Å². The monoisotopic (exact) mass is 190 g/mol. The lowest BCUT2D eigenvalue weighted by molar-refractivity contribution is -0.310. The van der Waals surface area contributed by atoms with Crippen LogP contribution in [-0.2, 0) is 4.79 Å². The van der Waals surface area contributed by atoms with Gasteiger partial charge in [-0.15, -0.1) is 5.10 Å². The molecule has 0 radical (unpaired) electrons. The van der Waals surface area contributed by atoms with Gasteiger partial charge in [-0.25, -0.2) is 4.68 Å². The van der Waals surface area contributed by atoms with Crippen LogP contribution in [-0.4, -0.2) is 21.0 Å². The van der Waals surface area contributed by atoms with Crippen LogP contribution in [0.4, 0.5) is 0 Å². The molecule has 1 aromatic carbocycles. The molecular formula is C9H8N3O2-. The maximum atomic E-state index is 10.6. The fourth-order valence-electron chi connectivity index (χ4n) is 1.27. The van der Waals surface area contributed by atoms with Gasteiger partial charge in [-0.3, -0.25) is 0 Å². The summed E-state index contributed by atoms with van der Waals surface area (Å²) in [7, 11) is 0. The van der Waals surface area contributed by atoms with Crippen molar-refractivity contribution in [2.24, 2.45) is 0 Å². The van der Waals surface area contributed by atoms with Crippen LogP contribution >= 0.6 is 0 Å². The van der Waals surface area contributed by atoms with Gasteiger partial charge in [0.1, 0.15) is 5.52 Å². The van der Waals surface area contributed by atoms with Crippen molar-refractivity contribution in [1.82, 2.24) is 15.0 Å². The van der Waals surface area contributed by atoms with Crippen molar-refractivity contribution in [3.63, 3.8) is 0 Å². The van der Waals surface area contributed by atoms with E-state index in [0.717, 1.165) is 0 Å². The minimum absolute atomic E-state index is 0.681. The minimum Gasteiger partial charge on any atom is -0.548 e. The van der Waals surface area contributed by atoms with Gasteiger partial charge in [0.05, 0.1) is 17.5 Å². The molecule has 2 aromatic rings. The van der Waals surface area contributed by atoms with Crippen molar-refractivity contribution in [3.8, 4) is 0 Å². The lowest BCUT2D eigenvalue weighted by Crippen LogP contribution is -2.32. The number of benzene rings is 1. The maximum absolute atomic E-state index is 10.6. The summed E-state index contributed by atoms with van der Waals surface area (Å²) in [4.78, 5) is 10.6. The smallest absolute Gasteiger partial charge is 0.113 e. The number of carboxylic acid groups (broad SMARTS) is 1. The Bertz CT molecular complexity index is 478. The molecule has 0 spiro atoms. The van der Waals surface area contributed by atoms with E-state index in [2.05, 4.69) is 10.3 Å². The number of aliphatic carboxylic acids is 1. The molecule has 0 amide bonds. The second-order valence-corrected chi connectivity index (χ2v) is 3.02. The minimum atomic E-state index is -1.17. The zero-order chi connectivity index (χ0) is 10.1. The van der Waals surface area contributed by atoms with Crippen molar-refractivity contribution in [2.45, 2.75) is 13.0 Å². The Morgan fingerprint density at radius 1 is 1.50 bits per heavy atom. The summed E-state index contributed by atoms with van der Waals surface area (Å²) in [5.41, 5.74) is 1.38. The number of carbonyl (C=O) groups excluding carboxylic acids is 1. The third-order valence-corrected chi connectivity index (χ3v) is 2.09. The molecule has 14 heavy (non-hydrogen) atoms. The van der Waals surface area contributed by atoms with Crippen molar-refractivity contribution >= 4 is 17.0 Å². The molecule has 1 aromatic heterocycles. The van der Waals surface area contributed by atoms with E-state index in [-0.39, 0.29) is 0 Å². The predicted molar refractivity (Wildman–Crippen MR) is 47.2 cm³/mol. The summed E-state index contributed by atoms with van der Waals surface area (Å²) in [6.45, 7) is 1.51. The molecule has 0 aliphatic heterocycles. The number of hydrogen-bond acceptors (Lipinski definition) is 4. The standard InChI is InChI=1S/C9H9N3O2/c1-6(9(13)14)12-8-5-3-2-4-7(8)10-11-12/h2-6H,1H3,(H,13,14)/p-1. The third-order valence-electron chi connectivity index (χ3n) is 2.09. The van der Waals surface area contributed by atoms with Gasteiger partial charge in [0.15, 0.2) is 0 Å². The Kier molecular flexibility index (Phi) is 1.92. The van der Waals surface area contributed by atoms with E-state index >= 15 is 0 Å². The van der Waals surface area contributed by atoms with E-state index in [1.165, 1.54) is 11.6 Å². The van der Waals surface area contributed by atoms with Crippen LogP contribution in [0, 0.1) is 0 Å². The number of rotatable bonds is 2. The van der Waals surface area contributed by atoms with Crippen LogP contribution in [0.25, 0.3) is 11.0 Å². The number of hydrogen-bond donors (Lipinski definition) is 0. The van der Waals surface area contributed by atoms with E-state index in [0.29, 0.717) is 11.0 Å². The molecule has 0 saturated carbocycles. The summed E-state index contributed by atoms with van der Waals surface area (Å²) in [5, 5.41) is 18.2. The van der Waals surface area contributed by atoms with E-state index in [1.807, 2.05) is 12.1 Å². The van der Waals surface area contributed by atoms with Crippen LogP contribution in [0.2, 0.25) is 0 Å². The van der Waals surface area contributed by atoms with Gasteiger partial charge in [-0.1, -0.05) is 17.3 Å². The van der Waals surface area contributed by atoms with Crippen LogP contribution in [0.3, 0.4) is 0 Å². The molecule has 2 rings (SSSR count). The normalized spacial score (nSPS) is 12.9. The molecule has 0 N–H and O–H groups in total. The van der Waals surface area contributed by atoms with E-state index < -0.39 is 12.0 Å². The summed E-state index contributed by atoms with van der Waals surface area (Å²) in [6, 6.07) is 6.38. The predicted octanol–water partition coefficient (Wildman–Crippen LogP) is -0.258. The summed E-state index contributed by atoms with van der Waals surface area (Å²) < 4.78 is 1.34. The Balaban J connectivity index is 2.58. The second kappa shape index (κ2) is 3.10. The fraction of sp³-hybridized carbons (Fsp3) is 0.222. The quantitative estimate of drug-likeness (QED) is 0.654. The number of carbonyl (C=O) groups is 1. The van der Waals surface area contributed by atoms with Crippen molar-refractivity contribution < 1.29 is 9.90 Å². The molecule has 0 bridgehead atoms. The first-order valence-electron chi connectivity index (χ1n) is 4.21. The number of carboxylic acids is 1. The summed E-state index contributed by atoms with van der Waals surface area (Å²) >= 11 is 0. The van der Waals surface area contributed by atoms with Gasteiger partial charge >= 0.3 is 0 Å². The first-order valence-corrected chi connectivity index (χ1v) is 4.21. The average Bonchev–Trinajstić information content (AvgIpc) is 2.60. The Morgan fingerprint density at radius 3 is 2.93 bits per heavy atom. The largest absolute Gasteiger partial charge is 0.548 e. The van der Waals surface area contributed by atoms with Crippen molar-refractivity contribution in [2.75, 3.05) is 0 Å². The SMILES string of the molecule is CC(C(=O)[O-])n1nnc2ccccc21. The highest BCUT2D eigenvalue weighted by atomic mass is 16.4. The molecule has 5 nitrogen and oxygen atoms in total. The van der Waals surface area contributed by atoms with Crippen LogP contribution in [0.5, 0.6) is 0 Å². The van der Waals surface area contributed by atoms with Crippen LogP contribution < -0.4 is 5.11 Å².